The molecule has 0 spiro atoms. The average molecular weight is 403 g/mol. The minimum atomic E-state index is -0.161. The molecule has 1 saturated carbocycles. The molecule has 1 aromatic rings. The summed E-state index contributed by atoms with van der Waals surface area (Å²) in [7, 11) is 0. The molecule has 4 rings (SSSR count). The molecule has 4 nitrogen and oxygen atoms in total. The Morgan fingerprint density at radius 1 is 0.964 bits per heavy atom. The SMILES string of the molecule is O=C1CCC(Cc2ccc(N3CCC(C4CCCCC4)CC3)c(Cl)c2)C(=O)N1. The maximum absolute atomic E-state index is 12.0. The largest absolute Gasteiger partial charge is 0.370 e. The van der Waals surface area contributed by atoms with E-state index in [9.17, 15) is 9.59 Å². The molecule has 3 fully saturated rings. The first-order chi connectivity index (χ1) is 13.6. The molecule has 1 aromatic carbocycles. The summed E-state index contributed by atoms with van der Waals surface area (Å²) in [5.41, 5.74) is 2.19. The zero-order valence-electron chi connectivity index (χ0n) is 16.6. The number of nitrogens with zero attached hydrogens (tertiary/aromatic N) is 1. The van der Waals surface area contributed by atoms with Crippen molar-refractivity contribution in [3.63, 3.8) is 0 Å². The van der Waals surface area contributed by atoms with Crippen molar-refractivity contribution in [3.8, 4) is 0 Å². The fourth-order valence-electron chi connectivity index (χ4n) is 5.37. The first-order valence-corrected chi connectivity index (χ1v) is 11.3. The molecule has 0 radical (unpaired) electrons. The summed E-state index contributed by atoms with van der Waals surface area (Å²) in [6.07, 6.45) is 11.4. The molecule has 28 heavy (non-hydrogen) atoms. The number of carbonyl (C=O) groups is 2. The molecule has 2 heterocycles. The van der Waals surface area contributed by atoms with E-state index in [1.54, 1.807) is 0 Å². The zero-order chi connectivity index (χ0) is 19.5. The second kappa shape index (κ2) is 8.86. The Kier molecular flexibility index (Phi) is 6.25. The van der Waals surface area contributed by atoms with Crippen LogP contribution in [0.2, 0.25) is 5.02 Å². The van der Waals surface area contributed by atoms with Gasteiger partial charge < -0.3 is 4.90 Å². The van der Waals surface area contributed by atoms with Crippen LogP contribution in [0, 0.1) is 17.8 Å². The van der Waals surface area contributed by atoms with Crippen molar-refractivity contribution in [1.29, 1.82) is 0 Å². The number of imide groups is 1. The van der Waals surface area contributed by atoms with Gasteiger partial charge in [-0.25, -0.2) is 0 Å². The van der Waals surface area contributed by atoms with Crippen LogP contribution >= 0.6 is 11.6 Å². The van der Waals surface area contributed by atoms with E-state index < -0.39 is 0 Å². The molecule has 1 aliphatic carbocycles. The molecule has 0 aromatic heterocycles. The predicted molar refractivity (Wildman–Crippen MR) is 113 cm³/mol. The van der Waals surface area contributed by atoms with Gasteiger partial charge in [0.15, 0.2) is 0 Å². The maximum Gasteiger partial charge on any atom is 0.230 e. The van der Waals surface area contributed by atoms with Gasteiger partial charge in [-0.05, 0) is 55.2 Å². The van der Waals surface area contributed by atoms with Crippen molar-refractivity contribution in [2.75, 3.05) is 18.0 Å². The second-order valence-electron chi connectivity index (χ2n) is 8.86. The topological polar surface area (TPSA) is 49.4 Å². The lowest BCUT2D eigenvalue weighted by atomic mass is 9.76. The van der Waals surface area contributed by atoms with Crippen LogP contribution in [-0.2, 0) is 16.0 Å². The third-order valence-corrected chi connectivity index (χ3v) is 7.35. The standard InChI is InChI=1S/C23H31ClN2O2/c24-20-15-16(14-19-7-9-22(27)25-23(19)28)6-8-21(20)26-12-10-18(11-13-26)17-4-2-1-3-5-17/h6,8,15,17-19H,1-5,7,9-14H2,(H,25,27,28). The van der Waals surface area contributed by atoms with Gasteiger partial charge in [-0.15, -0.1) is 0 Å². The molecule has 2 aliphatic heterocycles. The third-order valence-electron chi connectivity index (χ3n) is 7.04. The quantitative estimate of drug-likeness (QED) is 0.740. The lowest BCUT2D eigenvalue weighted by Crippen LogP contribution is -2.41. The number of hydrogen-bond donors (Lipinski definition) is 1. The molecule has 1 unspecified atom stereocenters. The Morgan fingerprint density at radius 3 is 2.36 bits per heavy atom. The number of nitrogens with one attached hydrogen (secondary N) is 1. The Labute approximate surface area is 173 Å². The monoisotopic (exact) mass is 402 g/mol. The summed E-state index contributed by atoms with van der Waals surface area (Å²) in [6, 6.07) is 6.22. The van der Waals surface area contributed by atoms with Crippen LogP contribution in [0.3, 0.4) is 0 Å². The molecule has 1 N–H and O–H groups in total. The lowest BCUT2D eigenvalue weighted by Gasteiger charge is -2.39. The Morgan fingerprint density at radius 2 is 1.68 bits per heavy atom. The van der Waals surface area contributed by atoms with E-state index in [0.717, 1.165) is 41.2 Å². The van der Waals surface area contributed by atoms with Gasteiger partial charge in [0.1, 0.15) is 0 Å². The summed E-state index contributed by atoms with van der Waals surface area (Å²) in [5, 5.41) is 3.22. The van der Waals surface area contributed by atoms with Crippen LogP contribution < -0.4 is 10.2 Å². The number of amides is 2. The molecular weight excluding hydrogens is 372 g/mol. The van der Waals surface area contributed by atoms with E-state index in [-0.39, 0.29) is 17.7 Å². The van der Waals surface area contributed by atoms with Crippen LogP contribution in [0.4, 0.5) is 5.69 Å². The first kappa shape index (κ1) is 19.8. The van der Waals surface area contributed by atoms with Gasteiger partial charge in [-0.1, -0.05) is 49.8 Å². The normalized spacial score (nSPS) is 25.0. The number of anilines is 1. The van der Waals surface area contributed by atoms with E-state index in [0.29, 0.717) is 19.3 Å². The van der Waals surface area contributed by atoms with E-state index in [1.165, 1.54) is 44.9 Å². The molecule has 5 heteroatoms. The number of rotatable bonds is 4. The Bertz CT molecular complexity index is 721. The minimum Gasteiger partial charge on any atom is -0.370 e. The number of piperidine rings is 2. The lowest BCUT2D eigenvalue weighted by molar-refractivity contribution is -0.136. The summed E-state index contributed by atoms with van der Waals surface area (Å²) in [4.78, 5) is 25.7. The molecule has 2 saturated heterocycles. The summed E-state index contributed by atoms with van der Waals surface area (Å²) < 4.78 is 0. The minimum absolute atomic E-state index is 0.133. The van der Waals surface area contributed by atoms with Crippen molar-refractivity contribution in [2.45, 2.75) is 64.2 Å². The van der Waals surface area contributed by atoms with Gasteiger partial charge in [0, 0.05) is 25.4 Å². The molecule has 3 aliphatic rings. The third kappa shape index (κ3) is 4.53. The van der Waals surface area contributed by atoms with Gasteiger partial charge in [0.25, 0.3) is 0 Å². The van der Waals surface area contributed by atoms with Crippen molar-refractivity contribution in [3.05, 3.63) is 28.8 Å². The highest BCUT2D eigenvalue weighted by molar-refractivity contribution is 6.33. The van der Waals surface area contributed by atoms with Crippen molar-refractivity contribution >= 4 is 29.1 Å². The average Bonchev–Trinajstić information content (AvgIpc) is 2.71. The predicted octanol–water partition coefficient (Wildman–Crippen LogP) is 4.73. The number of halogens is 1. The maximum atomic E-state index is 12.0. The van der Waals surface area contributed by atoms with Crippen LogP contribution in [0.25, 0.3) is 0 Å². The van der Waals surface area contributed by atoms with Crippen molar-refractivity contribution < 1.29 is 9.59 Å². The van der Waals surface area contributed by atoms with E-state index in [1.807, 2.05) is 6.07 Å². The molecule has 152 valence electrons. The van der Waals surface area contributed by atoms with Crippen LogP contribution in [-0.4, -0.2) is 24.9 Å². The number of hydrogen-bond acceptors (Lipinski definition) is 3. The van der Waals surface area contributed by atoms with Crippen molar-refractivity contribution in [1.82, 2.24) is 5.32 Å². The van der Waals surface area contributed by atoms with Crippen LogP contribution in [0.5, 0.6) is 0 Å². The van der Waals surface area contributed by atoms with Gasteiger partial charge in [0.05, 0.1) is 10.7 Å². The number of carbonyl (C=O) groups excluding carboxylic acids is 2. The highest BCUT2D eigenvalue weighted by Gasteiger charge is 2.29. The van der Waals surface area contributed by atoms with Gasteiger partial charge in [-0.2, -0.15) is 0 Å². The summed E-state index contributed by atoms with van der Waals surface area (Å²) in [6.45, 7) is 2.18. The molecule has 0 bridgehead atoms. The first-order valence-electron chi connectivity index (χ1n) is 11.0. The fraction of sp³-hybridized carbons (Fsp3) is 0.652. The highest BCUT2D eigenvalue weighted by Crippen LogP contribution is 2.38. The second-order valence-corrected chi connectivity index (χ2v) is 9.27. The zero-order valence-corrected chi connectivity index (χ0v) is 17.3. The van der Waals surface area contributed by atoms with Gasteiger partial charge in [-0.3, -0.25) is 14.9 Å². The van der Waals surface area contributed by atoms with E-state index in [2.05, 4.69) is 22.3 Å². The number of benzene rings is 1. The summed E-state index contributed by atoms with van der Waals surface area (Å²) >= 11 is 6.63. The van der Waals surface area contributed by atoms with Crippen LogP contribution in [0.15, 0.2) is 18.2 Å². The van der Waals surface area contributed by atoms with Gasteiger partial charge >= 0.3 is 0 Å². The Hall–Kier alpha value is -1.55. The molecule has 1 atom stereocenters. The van der Waals surface area contributed by atoms with E-state index >= 15 is 0 Å². The smallest absolute Gasteiger partial charge is 0.230 e. The van der Waals surface area contributed by atoms with Gasteiger partial charge in [0.2, 0.25) is 11.8 Å². The van der Waals surface area contributed by atoms with Crippen molar-refractivity contribution in [2.24, 2.45) is 17.8 Å². The molecular formula is C23H31ClN2O2. The summed E-state index contributed by atoms with van der Waals surface area (Å²) in [5.74, 6) is 1.39. The fourth-order valence-corrected chi connectivity index (χ4v) is 5.69. The Balaban J connectivity index is 1.34. The highest BCUT2D eigenvalue weighted by atomic mass is 35.5. The molecule has 2 amide bonds. The van der Waals surface area contributed by atoms with E-state index in [4.69, 9.17) is 11.6 Å². The van der Waals surface area contributed by atoms with Crippen LogP contribution in [0.1, 0.15) is 63.4 Å².